The molecule has 0 radical (unpaired) electrons. The molecular weight excluding hydrogens is 222 g/mol. The number of aromatic hydroxyl groups is 1. The van der Waals surface area contributed by atoms with Crippen LogP contribution < -0.4 is 0 Å². The largest absolute Gasteiger partial charge is 0.507 e. The molecule has 0 amide bonds. The summed E-state index contributed by atoms with van der Waals surface area (Å²) in [5.41, 5.74) is 1.61. The molecule has 1 atom stereocenters. The minimum absolute atomic E-state index is 0.0378. The summed E-state index contributed by atoms with van der Waals surface area (Å²) in [7, 11) is 0. The summed E-state index contributed by atoms with van der Waals surface area (Å²) in [4.78, 5) is 4.41. The summed E-state index contributed by atoms with van der Waals surface area (Å²) < 4.78 is 0. The van der Waals surface area contributed by atoms with Crippen LogP contribution in [0.1, 0.15) is 18.5 Å². The van der Waals surface area contributed by atoms with Crippen molar-refractivity contribution < 1.29 is 10.2 Å². The van der Waals surface area contributed by atoms with Gasteiger partial charge in [-0.25, -0.2) is 4.98 Å². The number of benzene rings is 1. The van der Waals surface area contributed by atoms with E-state index in [1.54, 1.807) is 12.1 Å². The van der Waals surface area contributed by atoms with Gasteiger partial charge in [-0.1, -0.05) is 19.1 Å². The van der Waals surface area contributed by atoms with E-state index in [0.29, 0.717) is 0 Å². The third-order valence-corrected chi connectivity index (χ3v) is 3.33. The molecule has 1 heterocycles. The number of hydrogen-bond donors (Lipinski definition) is 2. The summed E-state index contributed by atoms with van der Waals surface area (Å²) in [6.07, 6.45) is 0. The molecule has 16 heavy (non-hydrogen) atoms. The number of aliphatic hydroxyl groups excluding tert-OH is 1. The van der Waals surface area contributed by atoms with Gasteiger partial charge in [0.05, 0.1) is 17.9 Å². The topological polar surface area (TPSA) is 53.4 Å². The Kier molecular flexibility index (Phi) is 3.22. The fourth-order valence-corrected chi connectivity index (χ4v) is 2.36. The predicted octanol–water partition coefficient (Wildman–Crippen LogP) is 2.61. The van der Waals surface area contributed by atoms with Crippen LogP contribution in [0.15, 0.2) is 29.6 Å². The minimum Gasteiger partial charge on any atom is -0.507 e. The summed E-state index contributed by atoms with van der Waals surface area (Å²) in [6, 6.07) is 7.13. The third kappa shape index (κ3) is 2.08. The van der Waals surface area contributed by atoms with Crippen molar-refractivity contribution in [1.29, 1.82) is 0 Å². The van der Waals surface area contributed by atoms with E-state index in [-0.39, 0.29) is 18.3 Å². The number of para-hydroxylation sites is 1. The number of thiazole rings is 1. The van der Waals surface area contributed by atoms with Crippen LogP contribution in [0.2, 0.25) is 0 Å². The highest BCUT2D eigenvalue weighted by molar-refractivity contribution is 7.13. The smallest absolute Gasteiger partial charge is 0.127 e. The van der Waals surface area contributed by atoms with Gasteiger partial charge in [0.2, 0.25) is 0 Å². The van der Waals surface area contributed by atoms with Crippen molar-refractivity contribution >= 4 is 11.3 Å². The van der Waals surface area contributed by atoms with Crippen LogP contribution >= 0.6 is 11.3 Å². The lowest BCUT2D eigenvalue weighted by Crippen LogP contribution is -1.98. The normalized spacial score (nSPS) is 12.6. The van der Waals surface area contributed by atoms with E-state index >= 15 is 0 Å². The van der Waals surface area contributed by atoms with Crippen LogP contribution in [0.25, 0.3) is 10.6 Å². The Balaban J connectivity index is 2.35. The molecule has 2 rings (SSSR count). The fourth-order valence-electron chi connectivity index (χ4n) is 1.38. The maximum Gasteiger partial charge on any atom is 0.127 e. The standard InChI is InChI=1S/C12H13NO2S/c1-8(6-14)10-7-16-12(13-10)9-4-2-3-5-11(9)15/h2-5,7-8,14-15H,6H2,1H3. The zero-order valence-corrected chi connectivity index (χ0v) is 9.74. The molecule has 0 bridgehead atoms. The second-order valence-electron chi connectivity index (χ2n) is 3.68. The summed E-state index contributed by atoms with van der Waals surface area (Å²) in [5, 5.41) is 21.4. The number of aromatic nitrogens is 1. The molecule has 0 aliphatic rings. The van der Waals surface area contributed by atoms with Gasteiger partial charge in [-0.3, -0.25) is 0 Å². The first-order valence-electron chi connectivity index (χ1n) is 5.07. The van der Waals surface area contributed by atoms with Crippen LogP contribution in [0.3, 0.4) is 0 Å². The van der Waals surface area contributed by atoms with Crippen LogP contribution in [-0.4, -0.2) is 21.8 Å². The van der Waals surface area contributed by atoms with Crippen LogP contribution in [0.4, 0.5) is 0 Å². The summed E-state index contributed by atoms with van der Waals surface area (Å²) in [5.74, 6) is 0.274. The highest BCUT2D eigenvalue weighted by Gasteiger charge is 2.12. The number of phenols is 1. The molecule has 1 aromatic carbocycles. The first kappa shape index (κ1) is 11.1. The Morgan fingerprint density at radius 3 is 2.81 bits per heavy atom. The first-order chi connectivity index (χ1) is 7.72. The van der Waals surface area contributed by atoms with Gasteiger partial charge in [-0.2, -0.15) is 0 Å². The maximum absolute atomic E-state index is 9.69. The second kappa shape index (κ2) is 4.63. The monoisotopic (exact) mass is 235 g/mol. The Morgan fingerprint density at radius 2 is 2.12 bits per heavy atom. The van der Waals surface area contributed by atoms with Crippen molar-refractivity contribution in [2.75, 3.05) is 6.61 Å². The summed E-state index contributed by atoms with van der Waals surface area (Å²) in [6.45, 7) is 2.01. The molecule has 0 aliphatic carbocycles. The molecule has 0 spiro atoms. The van der Waals surface area contributed by atoms with Gasteiger partial charge in [-0.15, -0.1) is 11.3 Å². The maximum atomic E-state index is 9.69. The number of hydrogen-bond acceptors (Lipinski definition) is 4. The molecule has 0 aliphatic heterocycles. The van der Waals surface area contributed by atoms with Gasteiger partial charge in [-0.05, 0) is 12.1 Å². The average Bonchev–Trinajstić information content (AvgIpc) is 2.78. The predicted molar refractivity (Wildman–Crippen MR) is 64.7 cm³/mol. The van der Waals surface area contributed by atoms with Crippen molar-refractivity contribution in [3.8, 4) is 16.3 Å². The van der Waals surface area contributed by atoms with E-state index in [1.165, 1.54) is 11.3 Å². The average molecular weight is 235 g/mol. The zero-order chi connectivity index (χ0) is 11.5. The van der Waals surface area contributed by atoms with E-state index in [9.17, 15) is 5.11 Å². The van der Waals surface area contributed by atoms with E-state index in [4.69, 9.17) is 5.11 Å². The lowest BCUT2D eigenvalue weighted by molar-refractivity contribution is 0.271. The minimum atomic E-state index is 0.0378. The second-order valence-corrected chi connectivity index (χ2v) is 4.54. The quantitative estimate of drug-likeness (QED) is 0.859. The molecule has 3 nitrogen and oxygen atoms in total. The Labute approximate surface area is 98.0 Å². The van der Waals surface area contributed by atoms with Crippen LogP contribution in [-0.2, 0) is 0 Å². The fraction of sp³-hybridized carbons (Fsp3) is 0.250. The van der Waals surface area contributed by atoms with Gasteiger partial charge < -0.3 is 10.2 Å². The number of aliphatic hydroxyl groups is 1. The molecule has 1 aromatic heterocycles. The molecule has 1 unspecified atom stereocenters. The van der Waals surface area contributed by atoms with Crippen molar-refractivity contribution in [3.05, 3.63) is 35.3 Å². The molecule has 4 heteroatoms. The highest BCUT2D eigenvalue weighted by Crippen LogP contribution is 2.32. The first-order valence-corrected chi connectivity index (χ1v) is 5.95. The van der Waals surface area contributed by atoms with Gasteiger partial charge in [0.25, 0.3) is 0 Å². The Hall–Kier alpha value is -1.39. The third-order valence-electron chi connectivity index (χ3n) is 2.44. The number of nitrogens with zero attached hydrogens (tertiary/aromatic N) is 1. The van der Waals surface area contributed by atoms with Crippen LogP contribution in [0, 0.1) is 0 Å². The summed E-state index contributed by atoms with van der Waals surface area (Å²) >= 11 is 1.48. The van der Waals surface area contributed by atoms with E-state index in [0.717, 1.165) is 16.3 Å². The molecule has 0 fully saturated rings. The number of rotatable bonds is 3. The van der Waals surface area contributed by atoms with Crippen molar-refractivity contribution in [3.63, 3.8) is 0 Å². The van der Waals surface area contributed by atoms with Gasteiger partial charge in [0.15, 0.2) is 0 Å². The molecule has 2 aromatic rings. The van der Waals surface area contributed by atoms with Crippen LogP contribution in [0.5, 0.6) is 5.75 Å². The molecule has 0 saturated heterocycles. The van der Waals surface area contributed by atoms with E-state index < -0.39 is 0 Å². The van der Waals surface area contributed by atoms with E-state index in [2.05, 4.69) is 4.98 Å². The van der Waals surface area contributed by atoms with Crippen molar-refractivity contribution in [1.82, 2.24) is 4.98 Å². The Bertz CT molecular complexity index is 481. The number of phenolic OH excluding ortho intramolecular Hbond substituents is 1. The molecule has 2 N–H and O–H groups in total. The van der Waals surface area contributed by atoms with Crippen molar-refractivity contribution in [2.45, 2.75) is 12.8 Å². The Morgan fingerprint density at radius 1 is 1.38 bits per heavy atom. The van der Waals surface area contributed by atoms with E-state index in [1.807, 2.05) is 24.4 Å². The SMILES string of the molecule is CC(CO)c1csc(-c2ccccc2O)n1. The molecular formula is C12H13NO2S. The van der Waals surface area contributed by atoms with Gasteiger partial charge in [0.1, 0.15) is 10.8 Å². The lowest BCUT2D eigenvalue weighted by atomic mass is 10.1. The molecule has 0 saturated carbocycles. The van der Waals surface area contributed by atoms with Gasteiger partial charge in [0, 0.05) is 11.3 Å². The van der Waals surface area contributed by atoms with Gasteiger partial charge >= 0.3 is 0 Å². The van der Waals surface area contributed by atoms with Crippen molar-refractivity contribution in [2.24, 2.45) is 0 Å². The lowest BCUT2D eigenvalue weighted by Gasteiger charge is -2.02. The molecule has 84 valence electrons. The zero-order valence-electron chi connectivity index (χ0n) is 8.92. The highest BCUT2D eigenvalue weighted by atomic mass is 32.1.